The molecule has 4 rings (SSSR count). The van der Waals surface area contributed by atoms with Gasteiger partial charge in [0.05, 0.1) is 17.3 Å². The fraction of sp³-hybridized carbons (Fsp3) is 0.158. The van der Waals surface area contributed by atoms with Crippen LogP contribution < -0.4 is 9.84 Å². The number of hydrogen-bond acceptors (Lipinski definition) is 7. The van der Waals surface area contributed by atoms with Crippen LogP contribution in [0.25, 0.3) is 0 Å². The number of β-lactam (4-membered cyclic amide) rings is 1. The van der Waals surface area contributed by atoms with Gasteiger partial charge in [-0.25, -0.2) is 0 Å². The molecule has 1 fully saturated rings. The SMILES string of the molecule is O=C([O-])C1=C(Oc2ccccc2)SC2(Cc3ccc([N+](=O)[O-])cc3)CC(=O)N12. The average molecular weight is 397 g/mol. The third kappa shape index (κ3) is 2.99. The van der Waals surface area contributed by atoms with Crippen molar-refractivity contribution in [1.82, 2.24) is 4.90 Å². The van der Waals surface area contributed by atoms with E-state index in [0.29, 0.717) is 12.2 Å². The van der Waals surface area contributed by atoms with Crippen molar-refractivity contribution in [3.8, 4) is 5.75 Å². The number of nitrogens with zero attached hydrogens (tertiary/aromatic N) is 2. The van der Waals surface area contributed by atoms with Crippen LogP contribution in [0.5, 0.6) is 5.75 Å². The topological polar surface area (TPSA) is 113 Å². The zero-order valence-electron chi connectivity index (χ0n) is 14.4. The Morgan fingerprint density at radius 1 is 1.18 bits per heavy atom. The third-order valence-electron chi connectivity index (χ3n) is 4.56. The molecular weight excluding hydrogens is 384 g/mol. The van der Waals surface area contributed by atoms with E-state index in [4.69, 9.17) is 4.74 Å². The Balaban J connectivity index is 1.63. The standard InChI is InChI=1S/C19H14N2O6S/c22-15-11-19(10-12-6-8-13(9-7-12)21(25)26)20(15)16(17(23)24)18(28-19)27-14-4-2-1-3-5-14/h1-9H,10-11H2,(H,23,24)/p-1. The van der Waals surface area contributed by atoms with Crippen LogP contribution in [0.4, 0.5) is 5.69 Å². The lowest BCUT2D eigenvalue weighted by Gasteiger charge is -2.47. The number of ether oxygens (including phenoxy) is 1. The largest absolute Gasteiger partial charge is 0.543 e. The van der Waals surface area contributed by atoms with Gasteiger partial charge in [-0.2, -0.15) is 0 Å². The number of para-hydroxylation sites is 1. The lowest BCUT2D eigenvalue weighted by atomic mass is 9.92. The zero-order valence-corrected chi connectivity index (χ0v) is 15.2. The van der Waals surface area contributed by atoms with Gasteiger partial charge in [-0.05, 0) is 17.7 Å². The first-order valence-electron chi connectivity index (χ1n) is 8.33. The van der Waals surface area contributed by atoms with Gasteiger partial charge in [0.25, 0.3) is 5.69 Å². The molecule has 1 atom stereocenters. The number of carboxylic acid groups (broad SMARTS) is 1. The predicted molar refractivity (Wildman–Crippen MR) is 97.7 cm³/mol. The monoisotopic (exact) mass is 397 g/mol. The minimum Gasteiger partial charge on any atom is -0.543 e. The second kappa shape index (κ2) is 6.68. The van der Waals surface area contributed by atoms with Gasteiger partial charge in [-0.3, -0.25) is 19.8 Å². The van der Waals surface area contributed by atoms with Gasteiger partial charge in [0, 0.05) is 18.6 Å². The summed E-state index contributed by atoms with van der Waals surface area (Å²) in [6.07, 6.45) is 0.451. The molecule has 0 spiro atoms. The molecule has 0 radical (unpaired) electrons. The lowest BCUT2D eigenvalue weighted by molar-refractivity contribution is -0.384. The van der Waals surface area contributed by atoms with Crippen LogP contribution >= 0.6 is 11.8 Å². The summed E-state index contributed by atoms with van der Waals surface area (Å²) in [7, 11) is 0. The third-order valence-corrected chi connectivity index (χ3v) is 5.87. The molecule has 1 amide bonds. The molecule has 0 N–H and O–H groups in total. The first kappa shape index (κ1) is 18.1. The van der Waals surface area contributed by atoms with E-state index in [1.54, 1.807) is 42.5 Å². The Morgan fingerprint density at radius 3 is 2.43 bits per heavy atom. The number of aliphatic carboxylic acids is 1. The molecule has 2 aromatic carbocycles. The summed E-state index contributed by atoms with van der Waals surface area (Å²) in [4.78, 5) is 34.6. The number of benzene rings is 2. The van der Waals surface area contributed by atoms with Crippen LogP contribution in [-0.4, -0.2) is 26.6 Å². The molecule has 0 aliphatic carbocycles. The molecule has 28 heavy (non-hydrogen) atoms. The fourth-order valence-electron chi connectivity index (χ4n) is 3.32. The molecular formula is C19H13N2O6S-. The number of non-ortho nitro benzene ring substituents is 1. The molecule has 2 heterocycles. The van der Waals surface area contributed by atoms with Gasteiger partial charge in [-0.1, -0.05) is 42.1 Å². The summed E-state index contributed by atoms with van der Waals surface area (Å²) in [5.74, 6) is -1.37. The Labute approximate surface area is 163 Å². The highest BCUT2D eigenvalue weighted by atomic mass is 32.2. The van der Waals surface area contributed by atoms with Gasteiger partial charge in [-0.15, -0.1) is 0 Å². The van der Waals surface area contributed by atoms with E-state index in [-0.39, 0.29) is 28.8 Å². The molecule has 0 bridgehead atoms. The van der Waals surface area contributed by atoms with Crippen molar-refractivity contribution in [2.45, 2.75) is 17.7 Å². The van der Waals surface area contributed by atoms with E-state index >= 15 is 0 Å². The minimum absolute atomic E-state index is 0.0384. The first-order chi connectivity index (χ1) is 13.4. The molecule has 1 unspecified atom stereocenters. The highest BCUT2D eigenvalue weighted by Crippen LogP contribution is 2.56. The Kier molecular flexibility index (Phi) is 4.31. The zero-order chi connectivity index (χ0) is 19.9. The van der Waals surface area contributed by atoms with Crippen LogP contribution in [0.15, 0.2) is 65.4 Å². The fourth-order valence-corrected chi connectivity index (χ4v) is 4.80. The predicted octanol–water partition coefficient (Wildman–Crippen LogP) is 1.81. The average Bonchev–Trinajstić information content (AvgIpc) is 2.91. The minimum atomic E-state index is -1.49. The highest BCUT2D eigenvalue weighted by molar-refractivity contribution is 8.04. The number of rotatable bonds is 6. The van der Waals surface area contributed by atoms with E-state index in [0.717, 1.165) is 17.3 Å². The summed E-state index contributed by atoms with van der Waals surface area (Å²) in [6.45, 7) is 0. The number of hydrogen-bond donors (Lipinski definition) is 0. The molecule has 9 heteroatoms. The molecule has 0 aromatic heterocycles. The molecule has 2 aliphatic rings. The molecule has 142 valence electrons. The maximum Gasteiger partial charge on any atom is 0.269 e. The number of fused-ring (bicyclic) bond motifs is 1. The molecule has 2 aromatic rings. The van der Waals surface area contributed by atoms with Crippen LogP contribution in [0.2, 0.25) is 0 Å². The van der Waals surface area contributed by atoms with E-state index in [9.17, 15) is 24.8 Å². The summed E-state index contributed by atoms with van der Waals surface area (Å²) in [6, 6.07) is 14.6. The van der Waals surface area contributed by atoms with Crippen LogP contribution in [-0.2, 0) is 16.0 Å². The van der Waals surface area contributed by atoms with Crippen molar-refractivity contribution >= 4 is 29.3 Å². The summed E-state index contributed by atoms with van der Waals surface area (Å²) in [5, 5.41) is 22.6. The van der Waals surface area contributed by atoms with Gasteiger partial charge < -0.3 is 14.6 Å². The summed E-state index contributed by atoms with van der Waals surface area (Å²) in [5.41, 5.74) is 0.421. The van der Waals surface area contributed by atoms with Gasteiger partial charge >= 0.3 is 0 Å². The molecule has 8 nitrogen and oxygen atoms in total. The highest BCUT2D eigenvalue weighted by Gasteiger charge is 2.59. The second-order valence-corrected chi connectivity index (χ2v) is 7.73. The Hall–Kier alpha value is -3.33. The number of amides is 1. The van der Waals surface area contributed by atoms with E-state index in [1.807, 2.05) is 0 Å². The summed E-state index contributed by atoms with van der Waals surface area (Å²) < 4.78 is 5.73. The van der Waals surface area contributed by atoms with Gasteiger partial charge in [0.15, 0.2) is 5.09 Å². The normalized spacial score (nSPS) is 20.6. The maximum absolute atomic E-state index is 12.2. The molecule has 0 saturated carbocycles. The van der Waals surface area contributed by atoms with E-state index in [1.165, 1.54) is 17.0 Å². The Bertz CT molecular complexity index is 1000. The lowest BCUT2D eigenvalue weighted by Crippen LogP contribution is -2.61. The number of carbonyl (C=O) groups is 2. The van der Waals surface area contributed by atoms with Crippen molar-refractivity contribution < 1.29 is 24.4 Å². The molecule has 1 saturated heterocycles. The first-order valence-corrected chi connectivity index (χ1v) is 9.15. The summed E-state index contributed by atoms with van der Waals surface area (Å²) >= 11 is 1.16. The maximum atomic E-state index is 12.2. The smallest absolute Gasteiger partial charge is 0.269 e. The van der Waals surface area contributed by atoms with Gasteiger partial charge in [0.2, 0.25) is 5.91 Å². The van der Waals surface area contributed by atoms with Crippen molar-refractivity contribution in [2.24, 2.45) is 0 Å². The van der Waals surface area contributed by atoms with E-state index < -0.39 is 15.8 Å². The van der Waals surface area contributed by atoms with Crippen LogP contribution in [0.3, 0.4) is 0 Å². The van der Waals surface area contributed by atoms with Crippen molar-refractivity contribution in [1.29, 1.82) is 0 Å². The van der Waals surface area contributed by atoms with Crippen molar-refractivity contribution in [2.75, 3.05) is 0 Å². The van der Waals surface area contributed by atoms with Crippen LogP contribution in [0.1, 0.15) is 12.0 Å². The van der Waals surface area contributed by atoms with Crippen molar-refractivity contribution in [3.63, 3.8) is 0 Å². The van der Waals surface area contributed by atoms with E-state index in [2.05, 4.69) is 0 Å². The van der Waals surface area contributed by atoms with Crippen molar-refractivity contribution in [3.05, 3.63) is 81.1 Å². The number of carbonyl (C=O) groups excluding carboxylic acids is 2. The number of thioether (sulfide) groups is 1. The number of nitro benzene ring substituents is 1. The number of nitro groups is 1. The quantitative estimate of drug-likeness (QED) is 0.415. The molecule has 2 aliphatic heterocycles. The van der Waals surface area contributed by atoms with Gasteiger partial charge in [0.1, 0.15) is 16.3 Å². The second-order valence-electron chi connectivity index (χ2n) is 6.39. The Morgan fingerprint density at radius 2 is 1.86 bits per heavy atom. The van der Waals surface area contributed by atoms with Crippen LogP contribution in [0, 0.1) is 10.1 Å². The number of carboxylic acids is 1.